The predicted molar refractivity (Wildman–Crippen MR) is 116 cm³/mol. The van der Waals surface area contributed by atoms with Crippen molar-refractivity contribution in [3.8, 4) is 11.3 Å². The Hall–Kier alpha value is -3.11. The van der Waals surface area contributed by atoms with Crippen LogP contribution in [0, 0.1) is 0 Å². The van der Waals surface area contributed by atoms with Gasteiger partial charge in [0.2, 0.25) is 0 Å². The van der Waals surface area contributed by atoms with Gasteiger partial charge in [0.15, 0.2) is 0 Å². The van der Waals surface area contributed by atoms with Crippen LogP contribution < -0.4 is 5.73 Å². The third-order valence-electron chi connectivity index (χ3n) is 5.09. The van der Waals surface area contributed by atoms with Gasteiger partial charge in [0.25, 0.3) is 0 Å². The Bertz CT molecular complexity index is 1070. The number of pyridine rings is 1. The first-order valence-corrected chi connectivity index (χ1v) is 9.72. The molecule has 0 amide bonds. The maximum Gasteiger partial charge on any atom is 0.137 e. The zero-order chi connectivity index (χ0) is 19.5. The average Bonchev–Trinajstić information content (AvgIpc) is 3.06. The van der Waals surface area contributed by atoms with Crippen molar-refractivity contribution in [1.82, 2.24) is 14.3 Å². The molecule has 2 N–H and O–H groups in total. The molecule has 0 radical (unpaired) electrons. The minimum Gasteiger partial charge on any atom is -0.398 e. The fraction of sp³-hybridized carbons (Fsp3) is 0.208. The van der Waals surface area contributed by atoms with Gasteiger partial charge in [-0.1, -0.05) is 61.5 Å². The van der Waals surface area contributed by atoms with E-state index in [9.17, 15) is 0 Å². The molecule has 2 heterocycles. The third-order valence-corrected chi connectivity index (χ3v) is 5.09. The van der Waals surface area contributed by atoms with E-state index in [1.165, 1.54) is 11.1 Å². The second-order valence-corrected chi connectivity index (χ2v) is 7.31. The normalized spacial score (nSPS) is 11.4. The summed E-state index contributed by atoms with van der Waals surface area (Å²) in [6.45, 7) is 3.83. The number of rotatable bonds is 6. The fourth-order valence-corrected chi connectivity index (χ4v) is 3.60. The molecule has 142 valence electrons. The van der Waals surface area contributed by atoms with Crippen LogP contribution in [0.25, 0.3) is 16.9 Å². The second kappa shape index (κ2) is 7.87. The molecule has 0 aliphatic carbocycles. The van der Waals surface area contributed by atoms with Crippen molar-refractivity contribution >= 4 is 11.3 Å². The largest absolute Gasteiger partial charge is 0.398 e. The summed E-state index contributed by atoms with van der Waals surface area (Å²) in [6, 6.07) is 23.1. The lowest BCUT2D eigenvalue weighted by Crippen LogP contribution is -2.18. The van der Waals surface area contributed by atoms with Crippen LogP contribution in [0.3, 0.4) is 0 Å². The van der Waals surface area contributed by atoms with Gasteiger partial charge in [-0.05, 0) is 36.7 Å². The summed E-state index contributed by atoms with van der Waals surface area (Å²) >= 11 is 0. The fourth-order valence-electron chi connectivity index (χ4n) is 3.60. The SMILES string of the molecule is CCc1ccc(-c2nc3ccc(N)cn3c2CN(C)Cc2ccccc2)cc1. The molecular formula is C24H26N4. The summed E-state index contributed by atoms with van der Waals surface area (Å²) < 4.78 is 2.12. The van der Waals surface area contributed by atoms with Gasteiger partial charge < -0.3 is 10.1 Å². The molecule has 0 aliphatic heterocycles. The first-order chi connectivity index (χ1) is 13.6. The Morgan fingerprint density at radius 3 is 2.36 bits per heavy atom. The molecule has 4 aromatic rings. The van der Waals surface area contributed by atoms with Crippen LogP contribution in [0.1, 0.15) is 23.7 Å². The van der Waals surface area contributed by atoms with Crippen LogP contribution in [0.15, 0.2) is 72.9 Å². The first-order valence-electron chi connectivity index (χ1n) is 9.72. The minimum absolute atomic E-state index is 0.741. The molecule has 4 nitrogen and oxygen atoms in total. The Labute approximate surface area is 166 Å². The number of aromatic nitrogens is 2. The van der Waals surface area contributed by atoms with E-state index >= 15 is 0 Å². The van der Waals surface area contributed by atoms with E-state index in [0.29, 0.717) is 0 Å². The molecule has 0 saturated heterocycles. The van der Waals surface area contributed by atoms with Gasteiger partial charge >= 0.3 is 0 Å². The monoisotopic (exact) mass is 370 g/mol. The van der Waals surface area contributed by atoms with Crippen molar-refractivity contribution in [2.24, 2.45) is 0 Å². The van der Waals surface area contributed by atoms with Crippen molar-refractivity contribution < 1.29 is 0 Å². The quantitative estimate of drug-likeness (QED) is 0.531. The van der Waals surface area contributed by atoms with Gasteiger partial charge in [-0.2, -0.15) is 0 Å². The number of nitrogen functional groups attached to an aromatic ring is 1. The van der Waals surface area contributed by atoms with Crippen molar-refractivity contribution in [3.63, 3.8) is 0 Å². The van der Waals surface area contributed by atoms with E-state index in [-0.39, 0.29) is 0 Å². The maximum atomic E-state index is 6.07. The highest BCUT2D eigenvalue weighted by Gasteiger charge is 2.16. The second-order valence-electron chi connectivity index (χ2n) is 7.31. The van der Waals surface area contributed by atoms with Crippen molar-refractivity contribution in [2.75, 3.05) is 12.8 Å². The Morgan fingerprint density at radius 1 is 0.893 bits per heavy atom. The molecule has 2 aromatic carbocycles. The lowest BCUT2D eigenvalue weighted by atomic mass is 10.1. The molecule has 0 saturated carbocycles. The zero-order valence-corrected chi connectivity index (χ0v) is 16.5. The molecule has 28 heavy (non-hydrogen) atoms. The van der Waals surface area contributed by atoms with Gasteiger partial charge in [0.05, 0.1) is 11.4 Å². The van der Waals surface area contributed by atoms with Crippen LogP contribution >= 0.6 is 0 Å². The van der Waals surface area contributed by atoms with Gasteiger partial charge in [-0.25, -0.2) is 4.98 Å². The minimum atomic E-state index is 0.741. The Balaban J connectivity index is 1.72. The number of imidazole rings is 1. The molecule has 0 bridgehead atoms. The van der Waals surface area contributed by atoms with E-state index in [0.717, 1.165) is 47.8 Å². The standard InChI is InChI=1S/C24H26N4/c1-3-18-9-11-20(12-10-18)24-22(28-16-21(25)13-14-23(28)26-24)17-27(2)15-19-7-5-4-6-8-19/h4-14,16H,3,15,17,25H2,1-2H3. The highest BCUT2D eigenvalue weighted by atomic mass is 15.1. The van der Waals surface area contributed by atoms with Crippen molar-refractivity contribution in [3.05, 3.63) is 89.7 Å². The predicted octanol–water partition coefficient (Wildman–Crippen LogP) is 4.78. The number of fused-ring (bicyclic) bond motifs is 1. The van der Waals surface area contributed by atoms with Crippen LogP contribution in [-0.4, -0.2) is 21.3 Å². The molecular weight excluding hydrogens is 344 g/mol. The molecule has 0 unspecified atom stereocenters. The smallest absolute Gasteiger partial charge is 0.137 e. The third kappa shape index (κ3) is 3.78. The number of hydrogen-bond acceptors (Lipinski definition) is 3. The first kappa shape index (κ1) is 18.3. The summed E-state index contributed by atoms with van der Waals surface area (Å²) in [5.74, 6) is 0. The maximum absolute atomic E-state index is 6.07. The summed E-state index contributed by atoms with van der Waals surface area (Å²) in [5, 5.41) is 0. The summed E-state index contributed by atoms with van der Waals surface area (Å²) in [4.78, 5) is 7.23. The molecule has 0 spiro atoms. The summed E-state index contributed by atoms with van der Waals surface area (Å²) in [7, 11) is 2.14. The molecule has 0 fully saturated rings. The topological polar surface area (TPSA) is 46.6 Å². The molecule has 2 aromatic heterocycles. The van der Waals surface area contributed by atoms with Gasteiger partial charge in [0.1, 0.15) is 5.65 Å². The molecule has 4 rings (SSSR count). The highest BCUT2D eigenvalue weighted by Crippen LogP contribution is 2.27. The van der Waals surface area contributed by atoms with Crippen LogP contribution in [-0.2, 0) is 19.5 Å². The number of aryl methyl sites for hydroxylation is 1. The van der Waals surface area contributed by atoms with Gasteiger partial charge in [-0.15, -0.1) is 0 Å². The average molecular weight is 371 g/mol. The summed E-state index contributed by atoms with van der Waals surface area (Å²) in [6.07, 6.45) is 3.01. The van der Waals surface area contributed by atoms with Crippen LogP contribution in [0.4, 0.5) is 5.69 Å². The zero-order valence-electron chi connectivity index (χ0n) is 16.5. The van der Waals surface area contributed by atoms with Gasteiger partial charge in [-0.3, -0.25) is 4.90 Å². The van der Waals surface area contributed by atoms with Crippen LogP contribution in [0.5, 0.6) is 0 Å². The van der Waals surface area contributed by atoms with Gasteiger partial charge in [0, 0.05) is 30.5 Å². The number of benzene rings is 2. The highest BCUT2D eigenvalue weighted by molar-refractivity contribution is 5.67. The van der Waals surface area contributed by atoms with E-state index in [2.05, 4.69) is 77.9 Å². The van der Waals surface area contributed by atoms with E-state index in [1.807, 2.05) is 18.3 Å². The van der Waals surface area contributed by atoms with Crippen molar-refractivity contribution in [1.29, 1.82) is 0 Å². The van der Waals surface area contributed by atoms with Crippen molar-refractivity contribution in [2.45, 2.75) is 26.4 Å². The molecule has 4 heteroatoms. The number of nitrogens with zero attached hydrogens (tertiary/aromatic N) is 3. The Kier molecular flexibility index (Phi) is 5.13. The van der Waals surface area contributed by atoms with Crippen LogP contribution in [0.2, 0.25) is 0 Å². The lowest BCUT2D eigenvalue weighted by Gasteiger charge is -2.18. The lowest BCUT2D eigenvalue weighted by molar-refractivity contribution is 0.314. The number of anilines is 1. The summed E-state index contributed by atoms with van der Waals surface area (Å²) in [5.41, 5.74) is 13.7. The molecule has 0 atom stereocenters. The van der Waals surface area contributed by atoms with E-state index in [1.54, 1.807) is 0 Å². The number of hydrogen-bond donors (Lipinski definition) is 1. The van der Waals surface area contributed by atoms with E-state index < -0.39 is 0 Å². The Morgan fingerprint density at radius 2 is 1.64 bits per heavy atom. The number of nitrogens with two attached hydrogens (primary N) is 1. The molecule has 0 aliphatic rings. The van der Waals surface area contributed by atoms with E-state index in [4.69, 9.17) is 10.7 Å².